The van der Waals surface area contributed by atoms with E-state index in [-0.39, 0.29) is 0 Å². The van der Waals surface area contributed by atoms with Crippen molar-refractivity contribution in [3.63, 3.8) is 0 Å². The fourth-order valence-corrected chi connectivity index (χ4v) is 4.41. The molecular formula is C17H30N2. The summed E-state index contributed by atoms with van der Waals surface area (Å²) >= 11 is 0. The van der Waals surface area contributed by atoms with Crippen molar-refractivity contribution in [2.75, 3.05) is 26.2 Å². The second-order valence-corrected chi connectivity index (χ2v) is 7.25. The van der Waals surface area contributed by atoms with Gasteiger partial charge in [0.05, 0.1) is 0 Å². The van der Waals surface area contributed by atoms with Crippen LogP contribution < -0.4 is 5.32 Å². The van der Waals surface area contributed by atoms with E-state index in [1.165, 1.54) is 51.9 Å². The summed E-state index contributed by atoms with van der Waals surface area (Å²) in [5.74, 6) is 3.46. The first-order valence-electron chi connectivity index (χ1n) is 8.36. The van der Waals surface area contributed by atoms with Crippen LogP contribution in [0.25, 0.3) is 0 Å². The van der Waals surface area contributed by atoms with Crippen LogP contribution >= 0.6 is 0 Å². The van der Waals surface area contributed by atoms with Crippen molar-refractivity contribution < 1.29 is 0 Å². The van der Waals surface area contributed by atoms with Gasteiger partial charge in [-0.05, 0) is 75.9 Å². The Labute approximate surface area is 118 Å². The van der Waals surface area contributed by atoms with Crippen molar-refractivity contribution in [2.45, 2.75) is 45.6 Å². The minimum Gasteiger partial charge on any atom is -0.314 e. The molecule has 0 aromatic rings. The third-order valence-corrected chi connectivity index (χ3v) is 5.53. The van der Waals surface area contributed by atoms with Gasteiger partial charge >= 0.3 is 0 Å². The zero-order valence-corrected chi connectivity index (χ0v) is 12.6. The molecule has 0 spiro atoms. The van der Waals surface area contributed by atoms with E-state index >= 15 is 0 Å². The number of nitrogens with zero attached hydrogens (tertiary/aromatic N) is 1. The average molecular weight is 262 g/mol. The number of hydrogen-bond acceptors (Lipinski definition) is 2. The van der Waals surface area contributed by atoms with Gasteiger partial charge in [0.1, 0.15) is 0 Å². The van der Waals surface area contributed by atoms with Crippen LogP contribution in [0.3, 0.4) is 0 Å². The Morgan fingerprint density at radius 3 is 2.58 bits per heavy atom. The second kappa shape index (κ2) is 5.97. The normalized spacial score (nSPS) is 37.1. The molecular weight excluding hydrogens is 232 g/mol. The van der Waals surface area contributed by atoms with E-state index in [1.807, 2.05) is 0 Å². The lowest BCUT2D eigenvalue weighted by molar-refractivity contribution is 0.261. The molecule has 0 aromatic heterocycles. The minimum atomic E-state index is 0.695. The van der Waals surface area contributed by atoms with E-state index < -0.39 is 0 Å². The molecule has 0 amide bonds. The fourth-order valence-electron chi connectivity index (χ4n) is 4.41. The molecule has 3 rings (SSSR count). The van der Waals surface area contributed by atoms with Gasteiger partial charge in [0.2, 0.25) is 0 Å². The van der Waals surface area contributed by atoms with Gasteiger partial charge in [-0.3, -0.25) is 0 Å². The lowest BCUT2D eigenvalue weighted by Gasteiger charge is -2.28. The maximum Gasteiger partial charge on any atom is 0.00729 e. The van der Waals surface area contributed by atoms with Crippen LogP contribution in [-0.4, -0.2) is 37.1 Å². The van der Waals surface area contributed by atoms with Crippen LogP contribution in [0.1, 0.15) is 39.5 Å². The quantitative estimate of drug-likeness (QED) is 0.741. The van der Waals surface area contributed by atoms with Crippen molar-refractivity contribution in [2.24, 2.45) is 23.7 Å². The largest absolute Gasteiger partial charge is 0.314 e. The second-order valence-electron chi connectivity index (χ2n) is 7.25. The van der Waals surface area contributed by atoms with Gasteiger partial charge in [0, 0.05) is 12.6 Å². The van der Waals surface area contributed by atoms with Crippen molar-refractivity contribution in [3.8, 4) is 0 Å². The van der Waals surface area contributed by atoms with Gasteiger partial charge in [-0.1, -0.05) is 19.1 Å². The van der Waals surface area contributed by atoms with Crippen LogP contribution in [0.4, 0.5) is 0 Å². The fraction of sp³-hybridized carbons (Fsp3) is 0.882. The van der Waals surface area contributed by atoms with Crippen molar-refractivity contribution >= 4 is 0 Å². The first-order chi connectivity index (χ1) is 9.22. The molecule has 19 heavy (non-hydrogen) atoms. The maximum atomic E-state index is 3.82. The number of likely N-dealkylation sites (tertiary alicyclic amines) is 1. The van der Waals surface area contributed by atoms with E-state index in [1.54, 1.807) is 0 Å². The summed E-state index contributed by atoms with van der Waals surface area (Å²) in [5, 5.41) is 3.82. The third kappa shape index (κ3) is 3.22. The first-order valence-corrected chi connectivity index (χ1v) is 8.36. The highest BCUT2D eigenvalue weighted by molar-refractivity contribution is 5.11. The number of nitrogens with one attached hydrogen (secondary N) is 1. The third-order valence-electron chi connectivity index (χ3n) is 5.53. The molecule has 108 valence electrons. The molecule has 0 aromatic carbocycles. The number of hydrogen-bond donors (Lipinski definition) is 1. The highest BCUT2D eigenvalue weighted by Crippen LogP contribution is 2.44. The molecule has 1 saturated carbocycles. The van der Waals surface area contributed by atoms with Gasteiger partial charge < -0.3 is 10.2 Å². The lowest BCUT2D eigenvalue weighted by Crippen LogP contribution is -2.40. The predicted molar refractivity (Wildman–Crippen MR) is 81.1 cm³/mol. The lowest BCUT2D eigenvalue weighted by atomic mass is 9.87. The van der Waals surface area contributed by atoms with Crippen molar-refractivity contribution in [3.05, 3.63) is 12.2 Å². The smallest absolute Gasteiger partial charge is 0.00729 e. The topological polar surface area (TPSA) is 15.3 Å². The summed E-state index contributed by atoms with van der Waals surface area (Å²) in [6, 6.07) is 0.695. The zero-order chi connectivity index (χ0) is 13.2. The van der Waals surface area contributed by atoms with Gasteiger partial charge in [0.25, 0.3) is 0 Å². The molecule has 2 aliphatic carbocycles. The van der Waals surface area contributed by atoms with E-state index in [4.69, 9.17) is 0 Å². The summed E-state index contributed by atoms with van der Waals surface area (Å²) in [5.41, 5.74) is 0. The van der Waals surface area contributed by atoms with Gasteiger partial charge in [-0.25, -0.2) is 0 Å². The Bertz CT molecular complexity index is 319. The van der Waals surface area contributed by atoms with Gasteiger partial charge in [-0.15, -0.1) is 0 Å². The van der Waals surface area contributed by atoms with Gasteiger partial charge in [-0.2, -0.15) is 0 Å². The first kappa shape index (κ1) is 13.6. The molecule has 3 aliphatic rings. The van der Waals surface area contributed by atoms with E-state index in [0.717, 1.165) is 23.7 Å². The minimum absolute atomic E-state index is 0.695. The Balaban J connectivity index is 1.38. The molecule has 1 saturated heterocycles. The van der Waals surface area contributed by atoms with Crippen LogP contribution in [0.5, 0.6) is 0 Å². The molecule has 1 heterocycles. The number of allylic oxidation sites excluding steroid dienone is 2. The molecule has 2 nitrogen and oxygen atoms in total. The van der Waals surface area contributed by atoms with Crippen LogP contribution in [0.2, 0.25) is 0 Å². The molecule has 2 fully saturated rings. The van der Waals surface area contributed by atoms with Gasteiger partial charge in [0.15, 0.2) is 0 Å². The molecule has 1 aliphatic heterocycles. The summed E-state index contributed by atoms with van der Waals surface area (Å²) in [6.45, 7) is 9.94. The Hall–Kier alpha value is -0.340. The van der Waals surface area contributed by atoms with Crippen LogP contribution in [0, 0.1) is 23.7 Å². The molecule has 1 N–H and O–H groups in total. The SMILES string of the molecule is CC(CNC(C)C1CC2C=CC1C2)CN1CCCC1. The van der Waals surface area contributed by atoms with E-state index in [0.29, 0.717) is 6.04 Å². The number of fused-ring (bicyclic) bond motifs is 2. The summed E-state index contributed by atoms with van der Waals surface area (Å²) in [4.78, 5) is 2.64. The highest BCUT2D eigenvalue weighted by Gasteiger charge is 2.38. The molecule has 2 bridgehead atoms. The molecule has 5 atom stereocenters. The molecule has 5 unspecified atom stereocenters. The van der Waals surface area contributed by atoms with Crippen LogP contribution in [-0.2, 0) is 0 Å². The van der Waals surface area contributed by atoms with Crippen LogP contribution in [0.15, 0.2) is 12.2 Å². The number of rotatable bonds is 6. The zero-order valence-electron chi connectivity index (χ0n) is 12.6. The molecule has 2 heteroatoms. The van der Waals surface area contributed by atoms with E-state index in [2.05, 4.69) is 36.2 Å². The summed E-state index contributed by atoms with van der Waals surface area (Å²) < 4.78 is 0. The van der Waals surface area contributed by atoms with E-state index in [9.17, 15) is 0 Å². The Kier molecular flexibility index (Phi) is 4.28. The predicted octanol–water partition coefficient (Wildman–Crippen LogP) is 2.91. The molecule has 0 radical (unpaired) electrons. The standard InChI is InChI=1S/C17H30N2/c1-13(12-19-7-3-4-8-19)11-18-14(2)17-10-15-5-6-16(17)9-15/h5-6,13-18H,3-4,7-12H2,1-2H3. The highest BCUT2D eigenvalue weighted by atomic mass is 15.1. The summed E-state index contributed by atoms with van der Waals surface area (Å²) in [7, 11) is 0. The summed E-state index contributed by atoms with van der Waals surface area (Å²) in [6.07, 6.45) is 10.6. The maximum absolute atomic E-state index is 3.82. The Morgan fingerprint density at radius 2 is 1.95 bits per heavy atom. The van der Waals surface area contributed by atoms with Crippen molar-refractivity contribution in [1.82, 2.24) is 10.2 Å². The monoisotopic (exact) mass is 262 g/mol. The average Bonchev–Trinajstić information content (AvgIpc) is 3.12. The van der Waals surface area contributed by atoms with Crippen molar-refractivity contribution in [1.29, 1.82) is 0 Å². The Morgan fingerprint density at radius 1 is 1.16 bits per heavy atom.